The van der Waals surface area contributed by atoms with Crippen LogP contribution in [0.3, 0.4) is 0 Å². The molecule has 0 spiro atoms. The second-order valence-corrected chi connectivity index (χ2v) is 5.26. The van der Waals surface area contributed by atoms with Crippen LogP contribution in [-0.4, -0.2) is 22.0 Å². The van der Waals surface area contributed by atoms with Crippen molar-refractivity contribution in [1.82, 2.24) is 15.0 Å². The maximum atomic E-state index is 4.59. The van der Waals surface area contributed by atoms with Crippen molar-refractivity contribution in [3.05, 3.63) is 33.7 Å². The van der Waals surface area contributed by atoms with Gasteiger partial charge in [-0.25, -0.2) is 15.0 Å². The van der Waals surface area contributed by atoms with Crippen LogP contribution in [0.5, 0.6) is 0 Å². The first kappa shape index (κ1) is 13.0. The molecule has 18 heavy (non-hydrogen) atoms. The van der Waals surface area contributed by atoms with Gasteiger partial charge in [0.15, 0.2) is 0 Å². The lowest BCUT2D eigenvalue weighted by atomic mass is 10.2. The van der Waals surface area contributed by atoms with Gasteiger partial charge in [-0.3, -0.25) is 0 Å². The minimum absolute atomic E-state index is 0.705. The molecule has 4 nitrogen and oxygen atoms in total. The van der Waals surface area contributed by atoms with Gasteiger partial charge >= 0.3 is 0 Å². The first-order valence-corrected chi connectivity index (χ1v) is 7.04. The number of rotatable bonds is 5. The van der Waals surface area contributed by atoms with Gasteiger partial charge in [0.2, 0.25) is 0 Å². The Kier molecular flexibility index (Phi) is 4.25. The molecule has 0 amide bonds. The predicted molar refractivity (Wildman–Crippen MR) is 75.2 cm³/mol. The normalized spacial score (nSPS) is 10.6. The standard InChI is InChI=1S/C13H18N4S/c1-4-5-10-6-12(14-3)17-13(16-10)7-11-8-18-9(2)15-11/h6,8H,4-5,7H2,1-3H3,(H,14,16,17). The SMILES string of the molecule is CCCc1cc(NC)nc(Cc2csc(C)n2)n1. The molecule has 1 N–H and O–H groups in total. The van der Waals surface area contributed by atoms with Gasteiger partial charge in [-0.1, -0.05) is 13.3 Å². The maximum Gasteiger partial charge on any atom is 0.136 e. The summed E-state index contributed by atoms with van der Waals surface area (Å²) in [7, 11) is 1.88. The first-order valence-electron chi connectivity index (χ1n) is 6.17. The summed E-state index contributed by atoms with van der Waals surface area (Å²) in [6.07, 6.45) is 2.78. The van der Waals surface area contributed by atoms with E-state index in [9.17, 15) is 0 Å². The van der Waals surface area contributed by atoms with Crippen LogP contribution in [0.2, 0.25) is 0 Å². The van der Waals surface area contributed by atoms with Gasteiger partial charge in [-0.2, -0.15) is 0 Å². The lowest BCUT2D eigenvalue weighted by molar-refractivity contribution is 0.838. The van der Waals surface area contributed by atoms with Gasteiger partial charge in [-0.15, -0.1) is 11.3 Å². The molecule has 0 saturated carbocycles. The number of aromatic nitrogens is 3. The number of hydrogen-bond donors (Lipinski definition) is 1. The number of nitrogens with one attached hydrogen (secondary N) is 1. The van der Waals surface area contributed by atoms with E-state index in [1.165, 1.54) is 0 Å². The van der Waals surface area contributed by atoms with Crippen molar-refractivity contribution in [1.29, 1.82) is 0 Å². The second kappa shape index (κ2) is 5.91. The highest BCUT2D eigenvalue weighted by atomic mass is 32.1. The highest BCUT2D eigenvalue weighted by Crippen LogP contribution is 2.14. The third-order valence-corrected chi connectivity index (χ3v) is 3.42. The molecule has 2 aromatic rings. The zero-order valence-electron chi connectivity index (χ0n) is 11.0. The molecule has 96 valence electrons. The summed E-state index contributed by atoms with van der Waals surface area (Å²) in [5, 5.41) is 6.25. The zero-order valence-corrected chi connectivity index (χ0v) is 11.8. The van der Waals surface area contributed by atoms with E-state index < -0.39 is 0 Å². The summed E-state index contributed by atoms with van der Waals surface area (Å²) < 4.78 is 0. The van der Waals surface area contributed by atoms with Gasteiger partial charge in [0.1, 0.15) is 11.6 Å². The Hall–Kier alpha value is -1.49. The number of hydrogen-bond acceptors (Lipinski definition) is 5. The van der Waals surface area contributed by atoms with Crippen LogP contribution in [-0.2, 0) is 12.8 Å². The Morgan fingerprint density at radius 1 is 1.22 bits per heavy atom. The Morgan fingerprint density at radius 3 is 2.67 bits per heavy atom. The molecule has 0 bridgehead atoms. The summed E-state index contributed by atoms with van der Waals surface area (Å²) in [5.41, 5.74) is 2.15. The molecule has 0 aliphatic heterocycles. The van der Waals surface area contributed by atoms with Crippen LogP contribution < -0.4 is 5.32 Å². The molecule has 2 aromatic heterocycles. The average Bonchev–Trinajstić information content (AvgIpc) is 2.75. The molecule has 0 unspecified atom stereocenters. The van der Waals surface area contributed by atoms with Crippen molar-refractivity contribution in [2.24, 2.45) is 0 Å². The second-order valence-electron chi connectivity index (χ2n) is 4.20. The summed E-state index contributed by atoms with van der Waals surface area (Å²) >= 11 is 1.67. The van der Waals surface area contributed by atoms with Gasteiger partial charge in [0, 0.05) is 24.2 Å². The fraction of sp³-hybridized carbons (Fsp3) is 0.462. The molecule has 5 heteroatoms. The van der Waals surface area contributed by atoms with E-state index >= 15 is 0 Å². The zero-order chi connectivity index (χ0) is 13.0. The van der Waals surface area contributed by atoms with E-state index in [-0.39, 0.29) is 0 Å². The highest BCUT2D eigenvalue weighted by Gasteiger charge is 2.06. The molecule has 0 fully saturated rings. The molecule has 2 rings (SSSR count). The van der Waals surface area contributed by atoms with Crippen LogP contribution in [0, 0.1) is 6.92 Å². The Morgan fingerprint density at radius 2 is 2.06 bits per heavy atom. The van der Waals surface area contributed by atoms with Gasteiger partial charge in [-0.05, 0) is 13.3 Å². The Labute approximate surface area is 112 Å². The number of nitrogens with zero attached hydrogens (tertiary/aromatic N) is 3. The highest BCUT2D eigenvalue weighted by molar-refractivity contribution is 7.09. The number of anilines is 1. The molecular formula is C13H18N4S. The summed E-state index contributed by atoms with van der Waals surface area (Å²) in [4.78, 5) is 13.5. The minimum atomic E-state index is 0.705. The number of aryl methyl sites for hydroxylation is 2. The molecule has 0 radical (unpaired) electrons. The van der Waals surface area contributed by atoms with Crippen molar-refractivity contribution in [2.75, 3.05) is 12.4 Å². The van der Waals surface area contributed by atoms with Crippen LogP contribution in [0.4, 0.5) is 5.82 Å². The minimum Gasteiger partial charge on any atom is -0.373 e. The lowest BCUT2D eigenvalue weighted by Gasteiger charge is -2.06. The topological polar surface area (TPSA) is 50.7 Å². The predicted octanol–water partition coefficient (Wildman–Crippen LogP) is 2.83. The monoisotopic (exact) mass is 262 g/mol. The van der Waals surface area contributed by atoms with E-state index in [2.05, 4.69) is 32.6 Å². The van der Waals surface area contributed by atoms with Crippen molar-refractivity contribution in [3.63, 3.8) is 0 Å². The fourth-order valence-corrected chi connectivity index (χ4v) is 2.41. The van der Waals surface area contributed by atoms with Gasteiger partial charge < -0.3 is 5.32 Å². The lowest BCUT2D eigenvalue weighted by Crippen LogP contribution is -2.04. The Balaban J connectivity index is 2.23. The molecule has 2 heterocycles. The van der Waals surface area contributed by atoms with Crippen molar-refractivity contribution >= 4 is 17.2 Å². The third kappa shape index (κ3) is 3.26. The van der Waals surface area contributed by atoms with Crippen LogP contribution >= 0.6 is 11.3 Å². The third-order valence-electron chi connectivity index (χ3n) is 2.59. The smallest absolute Gasteiger partial charge is 0.136 e. The molecule has 0 atom stereocenters. The molecule has 0 saturated heterocycles. The van der Waals surface area contributed by atoms with Crippen LogP contribution in [0.1, 0.15) is 35.6 Å². The summed E-state index contributed by atoms with van der Waals surface area (Å²) in [6, 6.07) is 2.01. The molecule has 0 aliphatic rings. The first-order chi connectivity index (χ1) is 8.71. The fourth-order valence-electron chi connectivity index (χ4n) is 1.79. The quantitative estimate of drug-likeness (QED) is 0.900. The molecule has 0 aliphatic carbocycles. The largest absolute Gasteiger partial charge is 0.373 e. The van der Waals surface area contributed by atoms with E-state index in [0.717, 1.165) is 40.9 Å². The van der Waals surface area contributed by atoms with E-state index in [4.69, 9.17) is 0 Å². The number of thiazole rings is 1. The maximum absolute atomic E-state index is 4.59. The van der Waals surface area contributed by atoms with E-state index in [1.54, 1.807) is 11.3 Å². The van der Waals surface area contributed by atoms with Gasteiger partial charge in [0.05, 0.1) is 17.1 Å². The summed E-state index contributed by atoms with van der Waals surface area (Å²) in [5.74, 6) is 1.73. The van der Waals surface area contributed by atoms with Crippen LogP contribution in [0.25, 0.3) is 0 Å². The van der Waals surface area contributed by atoms with Crippen molar-refractivity contribution in [3.8, 4) is 0 Å². The van der Waals surface area contributed by atoms with E-state index in [0.29, 0.717) is 6.42 Å². The van der Waals surface area contributed by atoms with Gasteiger partial charge in [0.25, 0.3) is 0 Å². The molecule has 0 aromatic carbocycles. The van der Waals surface area contributed by atoms with Crippen molar-refractivity contribution in [2.45, 2.75) is 33.1 Å². The van der Waals surface area contributed by atoms with E-state index in [1.807, 2.05) is 20.0 Å². The Bertz CT molecular complexity index is 521. The average molecular weight is 262 g/mol. The van der Waals surface area contributed by atoms with Crippen LogP contribution in [0.15, 0.2) is 11.4 Å². The van der Waals surface area contributed by atoms with Crippen molar-refractivity contribution < 1.29 is 0 Å². The summed E-state index contributed by atoms with van der Waals surface area (Å²) in [6.45, 7) is 4.17. The molecular weight excluding hydrogens is 244 g/mol.